The second kappa shape index (κ2) is 44.1. The van der Waals surface area contributed by atoms with Crippen molar-refractivity contribution in [3.05, 3.63) is 18.2 Å². The van der Waals surface area contributed by atoms with Crippen LogP contribution in [0, 0.1) is 0 Å². The van der Waals surface area contributed by atoms with E-state index >= 15 is 0 Å². The monoisotopic (exact) mass is 803 g/mol. The molecule has 57 heavy (non-hydrogen) atoms. The van der Waals surface area contributed by atoms with E-state index in [1.807, 2.05) is 0 Å². The molecule has 0 spiro atoms. The third-order valence-corrected chi connectivity index (χ3v) is 12.0. The van der Waals surface area contributed by atoms with Gasteiger partial charge in [-0.25, -0.2) is 4.98 Å². The number of aromatic amines is 1. The minimum Gasteiger partial charge on any atom is -0.462 e. The summed E-state index contributed by atoms with van der Waals surface area (Å²) < 4.78 is 11.3. The average Bonchev–Trinajstić information content (AvgIpc) is 3.73. The van der Waals surface area contributed by atoms with Gasteiger partial charge in [-0.15, -0.1) is 0 Å². The maximum Gasteiger partial charge on any atom is 0.323 e. The van der Waals surface area contributed by atoms with Gasteiger partial charge in [-0.3, -0.25) is 4.79 Å². The summed E-state index contributed by atoms with van der Waals surface area (Å²) in [6.07, 6.45) is 54.6. The highest BCUT2D eigenvalue weighted by molar-refractivity contribution is 5.75. The van der Waals surface area contributed by atoms with Crippen molar-refractivity contribution in [3.8, 4) is 0 Å². The average molecular weight is 803 g/mol. The van der Waals surface area contributed by atoms with E-state index in [1.54, 1.807) is 12.5 Å². The van der Waals surface area contributed by atoms with Crippen molar-refractivity contribution >= 4 is 5.97 Å². The number of carbonyl (C=O) groups is 1. The number of H-pyrrole nitrogens is 1. The maximum atomic E-state index is 12.2. The number of hydrogen-bond acceptors (Lipinski definition) is 6. The molecule has 336 valence electrons. The van der Waals surface area contributed by atoms with Crippen LogP contribution in [0.1, 0.15) is 251 Å². The van der Waals surface area contributed by atoms with Crippen LogP contribution in [0.4, 0.5) is 0 Å². The third kappa shape index (κ3) is 38.5. The van der Waals surface area contributed by atoms with Crippen LogP contribution in [-0.2, 0) is 20.7 Å². The van der Waals surface area contributed by atoms with Crippen LogP contribution in [0.5, 0.6) is 0 Å². The van der Waals surface area contributed by atoms with E-state index in [-0.39, 0.29) is 6.61 Å². The number of carbonyl (C=O) groups excluding carboxylic acids is 1. The quantitative estimate of drug-likeness (QED) is 0.0503. The molecule has 7 heteroatoms. The van der Waals surface area contributed by atoms with Crippen molar-refractivity contribution in [2.24, 2.45) is 5.73 Å². The first-order valence-corrected chi connectivity index (χ1v) is 25.4. The molecular weight excluding hydrogens is 705 g/mol. The van der Waals surface area contributed by atoms with E-state index in [2.05, 4.69) is 28.7 Å². The van der Waals surface area contributed by atoms with E-state index in [0.29, 0.717) is 19.6 Å². The van der Waals surface area contributed by atoms with Gasteiger partial charge in [0.2, 0.25) is 0 Å². The number of aromatic nitrogens is 2. The van der Waals surface area contributed by atoms with Crippen LogP contribution in [-0.4, -0.2) is 66.3 Å². The number of rotatable bonds is 47. The molecule has 0 aliphatic carbocycles. The molecule has 0 bridgehead atoms. The van der Waals surface area contributed by atoms with E-state index in [9.17, 15) is 4.79 Å². The maximum absolute atomic E-state index is 12.2. The van der Waals surface area contributed by atoms with Crippen LogP contribution in [0.25, 0.3) is 0 Å². The summed E-state index contributed by atoms with van der Waals surface area (Å²) >= 11 is 0. The number of esters is 1. The minimum atomic E-state index is -0.690. The Hall–Kier alpha value is -1.44. The summed E-state index contributed by atoms with van der Waals surface area (Å²) in [6.45, 7) is 9.21. The predicted molar refractivity (Wildman–Crippen MR) is 246 cm³/mol. The van der Waals surface area contributed by atoms with Gasteiger partial charge in [0.25, 0.3) is 0 Å². The number of ether oxygens (including phenoxy) is 2. The van der Waals surface area contributed by atoms with Crippen LogP contribution in [0.3, 0.4) is 0 Å². The number of nitrogens with zero attached hydrogens (tertiary/aromatic N) is 2. The summed E-state index contributed by atoms with van der Waals surface area (Å²) in [7, 11) is 0. The smallest absolute Gasteiger partial charge is 0.323 e. The fourth-order valence-electron chi connectivity index (χ4n) is 8.13. The van der Waals surface area contributed by atoms with Crippen molar-refractivity contribution < 1.29 is 14.3 Å². The molecule has 3 N–H and O–H groups in total. The lowest BCUT2D eigenvalue weighted by Gasteiger charge is -2.22. The number of nitrogens with one attached hydrogen (secondary N) is 1. The predicted octanol–water partition coefficient (Wildman–Crippen LogP) is 14.2. The molecule has 0 fully saturated rings. The highest BCUT2D eigenvalue weighted by atomic mass is 16.6. The van der Waals surface area contributed by atoms with Crippen molar-refractivity contribution in [1.82, 2.24) is 14.9 Å². The summed E-state index contributed by atoms with van der Waals surface area (Å²) in [6, 6.07) is -0.690. The third-order valence-electron chi connectivity index (χ3n) is 12.0. The van der Waals surface area contributed by atoms with E-state index < -0.39 is 12.0 Å². The molecule has 1 heterocycles. The highest BCUT2D eigenvalue weighted by Gasteiger charge is 2.16. The van der Waals surface area contributed by atoms with Crippen LogP contribution in [0.15, 0.2) is 12.5 Å². The first kappa shape index (κ1) is 53.6. The number of hydrogen-bond donors (Lipinski definition) is 2. The second-order valence-electron chi connectivity index (χ2n) is 17.5. The second-order valence-corrected chi connectivity index (χ2v) is 17.5. The van der Waals surface area contributed by atoms with Crippen molar-refractivity contribution in [3.63, 3.8) is 0 Å². The zero-order chi connectivity index (χ0) is 41.0. The molecule has 1 atom stereocenters. The van der Waals surface area contributed by atoms with E-state index in [4.69, 9.17) is 15.2 Å². The fraction of sp³-hybridized carbons (Fsp3) is 0.920. The normalized spacial score (nSPS) is 12.2. The lowest BCUT2D eigenvalue weighted by Crippen LogP contribution is -2.35. The Morgan fingerprint density at radius 1 is 0.526 bits per heavy atom. The van der Waals surface area contributed by atoms with Crippen LogP contribution >= 0.6 is 0 Å². The molecular formula is C50H98N4O3. The highest BCUT2D eigenvalue weighted by Crippen LogP contribution is 2.16. The summed E-state index contributed by atoms with van der Waals surface area (Å²) in [5, 5.41) is 0. The first-order valence-electron chi connectivity index (χ1n) is 25.4. The van der Waals surface area contributed by atoms with Gasteiger partial charge < -0.3 is 25.1 Å². The Morgan fingerprint density at radius 2 is 0.877 bits per heavy atom. The lowest BCUT2D eigenvalue weighted by molar-refractivity contribution is -0.146. The largest absolute Gasteiger partial charge is 0.462 e. The Balaban J connectivity index is 2.11. The number of unbranched alkanes of at least 4 members (excludes halogenated alkanes) is 34. The van der Waals surface area contributed by atoms with Crippen molar-refractivity contribution in [1.29, 1.82) is 0 Å². The van der Waals surface area contributed by atoms with Gasteiger partial charge in [-0.2, -0.15) is 0 Å². The Kier molecular flexibility index (Phi) is 41.5. The summed E-state index contributed by atoms with van der Waals surface area (Å²) in [5.74, 6) is -0.391. The van der Waals surface area contributed by atoms with Gasteiger partial charge in [0, 0.05) is 24.9 Å². The van der Waals surface area contributed by atoms with Gasteiger partial charge >= 0.3 is 5.97 Å². The van der Waals surface area contributed by atoms with Gasteiger partial charge in [0.1, 0.15) is 12.6 Å². The molecule has 1 rings (SSSR count). The van der Waals surface area contributed by atoms with E-state index in [0.717, 1.165) is 12.2 Å². The van der Waals surface area contributed by atoms with Crippen LogP contribution in [0.2, 0.25) is 0 Å². The molecule has 1 aromatic heterocycles. The van der Waals surface area contributed by atoms with Gasteiger partial charge in [0.15, 0.2) is 0 Å². The first-order chi connectivity index (χ1) is 28.2. The van der Waals surface area contributed by atoms with Crippen molar-refractivity contribution in [2.45, 2.75) is 257 Å². The van der Waals surface area contributed by atoms with Gasteiger partial charge in [0.05, 0.1) is 19.5 Å². The number of imidazole rings is 1. The summed E-state index contributed by atoms with van der Waals surface area (Å²) in [4.78, 5) is 21.8. The molecule has 0 amide bonds. The zero-order valence-corrected chi connectivity index (χ0v) is 38.3. The van der Waals surface area contributed by atoms with Gasteiger partial charge in [-0.05, 0) is 25.9 Å². The van der Waals surface area contributed by atoms with Crippen molar-refractivity contribution in [2.75, 3.05) is 39.5 Å². The molecule has 0 radical (unpaired) electrons. The molecule has 1 unspecified atom stereocenters. The molecule has 0 aromatic carbocycles. The fourth-order valence-corrected chi connectivity index (χ4v) is 8.13. The lowest BCUT2D eigenvalue weighted by atomic mass is 10.0. The molecule has 1 aromatic rings. The Labute approximate surface area is 355 Å². The molecule has 0 aliphatic heterocycles. The Bertz CT molecular complexity index is 873. The van der Waals surface area contributed by atoms with Crippen LogP contribution < -0.4 is 5.73 Å². The topological polar surface area (TPSA) is 93.5 Å². The molecule has 0 saturated heterocycles. The number of nitrogens with two attached hydrogens (primary N) is 1. The summed E-state index contributed by atoms with van der Waals surface area (Å²) in [5.41, 5.74) is 6.83. The minimum absolute atomic E-state index is 0.244. The van der Waals surface area contributed by atoms with E-state index in [1.165, 1.54) is 244 Å². The SMILES string of the molecule is CCCCCCCCCCCCCCCCCCCCN(CCCCCCCCCCCCCCCCCCCC)CCOCCOC(=O)C(N)Cc1cnc[nH]1. The molecule has 0 saturated carbocycles. The zero-order valence-electron chi connectivity index (χ0n) is 38.3. The standard InChI is InChI=1S/C50H98N4O3/c1-3-5-7-9-11-13-15-17-19-21-23-25-27-29-31-33-35-37-39-54(41-42-56-43-44-57-50(55)49(51)45-48-46-52-47-53-48)40-38-36-34-32-30-28-26-24-22-20-18-16-14-12-10-8-6-4-2/h46-47,49H,3-45,51H2,1-2H3,(H,52,53). The molecule has 7 nitrogen and oxygen atoms in total. The van der Waals surface area contributed by atoms with Gasteiger partial charge in [-0.1, -0.05) is 232 Å². The molecule has 0 aliphatic rings. The Morgan fingerprint density at radius 3 is 1.21 bits per heavy atom.